The van der Waals surface area contributed by atoms with Crippen LogP contribution in [0.25, 0.3) is 0 Å². The second-order valence-electron chi connectivity index (χ2n) is 3.26. The van der Waals surface area contributed by atoms with Crippen molar-refractivity contribution < 1.29 is 14.3 Å². The number of carbonyl (C=O) groups is 2. The molecule has 17 heavy (non-hydrogen) atoms. The summed E-state index contributed by atoms with van der Waals surface area (Å²) in [6.45, 7) is 3.78. The Morgan fingerprint density at radius 3 is 2.71 bits per heavy atom. The largest absolute Gasteiger partial charge is 0.462 e. The van der Waals surface area contributed by atoms with Crippen LogP contribution < -0.4 is 5.32 Å². The number of esters is 1. The summed E-state index contributed by atoms with van der Waals surface area (Å²) < 4.78 is 4.90. The number of benzene rings is 1. The number of allylic oxidation sites excluding steroid dienone is 1. The first kappa shape index (κ1) is 13.0. The lowest BCUT2D eigenvalue weighted by Crippen LogP contribution is -2.13. The highest BCUT2D eigenvalue weighted by Gasteiger charge is 2.12. The molecule has 0 heterocycles. The van der Waals surface area contributed by atoms with Crippen LogP contribution in [0.5, 0.6) is 0 Å². The first-order chi connectivity index (χ1) is 8.19. The maximum Gasteiger partial charge on any atom is 0.340 e. The highest BCUT2D eigenvalue weighted by molar-refractivity contribution is 6.04. The molecule has 0 radical (unpaired) electrons. The fraction of sp³-hybridized carbons (Fsp3) is 0.231. The summed E-state index contributed by atoms with van der Waals surface area (Å²) in [5.74, 6) is -0.715. The number of amides is 1. The van der Waals surface area contributed by atoms with Crippen molar-refractivity contribution in [1.82, 2.24) is 0 Å². The molecule has 90 valence electrons. The van der Waals surface area contributed by atoms with Gasteiger partial charge in [-0.2, -0.15) is 0 Å². The van der Waals surface area contributed by atoms with E-state index in [-0.39, 0.29) is 5.91 Å². The van der Waals surface area contributed by atoms with Gasteiger partial charge in [-0.25, -0.2) is 4.79 Å². The topological polar surface area (TPSA) is 55.4 Å². The van der Waals surface area contributed by atoms with Gasteiger partial charge < -0.3 is 10.1 Å². The van der Waals surface area contributed by atoms with Crippen LogP contribution in [-0.4, -0.2) is 18.5 Å². The Bertz CT molecular complexity index is 438. The van der Waals surface area contributed by atoms with Gasteiger partial charge in [0.2, 0.25) is 5.91 Å². The third kappa shape index (κ3) is 3.75. The summed E-state index contributed by atoms with van der Waals surface area (Å²) in [6, 6.07) is 6.74. The van der Waals surface area contributed by atoms with Gasteiger partial charge in [0, 0.05) is 0 Å². The second kappa shape index (κ2) is 6.48. The fourth-order valence-electron chi connectivity index (χ4n) is 1.30. The van der Waals surface area contributed by atoms with Crippen LogP contribution in [0.4, 0.5) is 5.69 Å². The van der Waals surface area contributed by atoms with E-state index in [9.17, 15) is 9.59 Å². The summed E-state index contributed by atoms with van der Waals surface area (Å²) in [5.41, 5.74) is 0.807. The van der Waals surface area contributed by atoms with Gasteiger partial charge in [-0.1, -0.05) is 18.2 Å². The van der Waals surface area contributed by atoms with E-state index in [1.165, 1.54) is 6.08 Å². The van der Waals surface area contributed by atoms with Crippen molar-refractivity contribution in [3.05, 3.63) is 42.0 Å². The molecule has 1 aromatic carbocycles. The molecule has 0 fully saturated rings. The highest BCUT2D eigenvalue weighted by atomic mass is 16.5. The average molecular weight is 233 g/mol. The van der Waals surface area contributed by atoms with Crippen molar-refractivity contribution in [1.29, 1.82) is 0 Å². The number of hydrogen-bond donors (Lipinski definition) is 1. The number of anilines is 1. The molecule has 1 aromatic rings. The minimum absolute atomic E-state index is 0.274. The van der Waals surface area contributed by atoms with Crippen molar-refractivity contribution in [2.45, 2.75) is 13.8 Å². The molecule has 0 unspecified atom stereocenters. The van der Waals surface area contributed by atoms with Gasteiger partial charge in [0.25, 0.3) is 0 Å². The number of para-hydroxylation sites is 1. The maximum absolute atomic E-state index is 11.6. The molecule has 0 bridgehead atoms. The lowest BCUT2D eigenvalue weighted by Gasteiger charge is -2.08. The maximum atomic E-state index is 11.6. The lowest BCUT2D eigenvalue weighted by atomic mass is 10.2. The van der Waals surface area contributed by atoms with Crippen LogP contribution >= 0.6 is 0 Å². The standard InChI is InChI=1S/C13H15NO3/c1-3-7-12(15)14-11-9-6-5-8-10(11)13(16)17-4-2/h3,5-9H,4H2,1-2H3,(H,14,15). The first-order valence-corrected chi connectivity index (χ1v) is 5.38. The lowest BCUT2D eigenvalue weighted by molar-refractivity contribution is -0.111. The SMILES string of the molecule is CC=CC(=O)Nc1ccccc1C(=O)OCC. The molecule has 0 saturated carbocycles. The van der Waals surface area contributed by atoms with E-state index in [4.69, 9.17) is 4.74 Å². The number of rotatable bonds is 4. The van der Waals surface area contributed by atoms with Crippen molar-refractivity contribution in [2.24, 2.45) is 0 Å². The van der Waals surface area contributed by atoms with Crippen LogP contribution in [-0.2, 0) is 9.53 Å². The summed E-state index contributed by atoms with van der Waals surface area (Å²) in [6.07, 6.45) is 3.02. The summed E-state index contributed by atoms with van der Waals surface area (Å²) in [5, 5.41) is 2.62. The zero-order chi connectivity index (χ0) is 12.7. The van der Waals surface area contributed by atoms with Gasteiger partial charge in [0.15, 0.2) is 0 Å². The Morgan fingerprint density at radius 2 is 2.06 bits per heavy atom. The monoisotopic (exact) mass is 233 g/mol. The van der Waals surface area contributed by atoms with Crippen molar-refractivity contribution in [2.75, 3.05) is 11.9 Å². The molecule has 1 rings (SSSR count). The molecule has 0 spiro atoms. The van der Waals surface area contributed by atoms with E-state index in [2.05, 4.69) is 5.32 Å². The zero-order valence-electron chi connectivity index (χ0n) is 9.90. The van der Waals surface area contributed by atoms with Crippen LogP contribution in [0.3, 0.4) is 0 Å². The average Bonchev–Trinajstić information content (AvgIpc) is 2.30. The molecule has 1 N–H and O–H groups in total. The van der Waals surface area contributed by atoms with Gasteiger partial charge in [0.1, 0.15) is 0 Å². The van der Waals surface area contributed by atoms with Crippen LogP contribution in [0.15, 0.2) is 36.4 Å². The third-order valence-electron chi connectivity index (χ3n) is 2.00. The molecule has 1 amide bonds. The van der Waals surface area contributed by atoms with Gasteiger partial charge in [0.05, 0.1) is 17.9 Å². The number of hydrogen-bond acceptors (Lipinski definition) is 3. The molecular weight excluding hydrogens is 218 g/mol. The number of ether oxygens (including phenoxy) is 1. The fourth-order valence-corrected chi connectivity index (χ4v) is 1.30. The predicted molar refractivity (Wildman–Crippen MR) is 65.8 cm³/mol. The van der Waals surface area contributed by atoms with Crippen LogP contribution in [0.1, 0.15) is 24.2 Å². The predicted octanol–water partition coefficient (Wildman–Crippen LogP) is 2.38. The third-order valence-corrected chi connectivity index (χ3v) is 2.00. The van der Waals surface area contributed by atoms with E-state index in [0.29, 0.717) is 17.9 Å². The molecule has 0 aliphatic rings. The van der Waals surface area contributed by atoms with Gasteiger partial charge >= 0.3 is 5.97 Å². The van der Waals surface area contributed by atoms with Crippen LogP contribution in [0, 0.1) is 0 Å². The van der Waals surface area contributed by atoms with Crippen molar-refractivity contribution in [3.63, 3.8) is 0 Å². The van der Waals surface area contributed by atoms with Crippen molar-refractivity contribution in [3.8, 4) is 0 Å². The Kier molecular flexibility index (Phi) is 4.94. The molecule has 0 aliphatic carbocycles. The second-order valence-corrected chi connectivity index (χ2v) is 3.26. The number of nitrogens with one attached hydrogen (secondary N) is 1. The minimum atomic E-state index is -0.441. The Hall–Kier alpha value is -2.10. The number of carbonyl (C=O) groups excluding carboxylic acids is 2. The molecule has 0 atom stereocenters. The van der Waals surface area contributed by atoms with E-state index in [1.807, 2.05) is 0 Å². The Labute approximate surface area is 100 Å². The Morgan fingerprint density at radius 1 is 1.35 bits per heavy atom. The van der Waals surface area contributed by atoms with Crippen molar-refractivity contribution >= 4 is 17.6 Å². The molecular formula is C13H15NO3. The zero-order valence-corrected chi connectivity index (χ0v) is 9.90. The summed E-state index contributed by atoms with van der Waals surface area (Å²) in [7, 11) is 0. The normalized spacial score (nSPS) is 10.2. The highest BCUT2D eigenvalue weighted by Crippen LogP contribution is 2.16. The van der Waals surface area contributed by atoms with E-state index >= 15 is 0 Å². The molecule has 4 heteroatoms. The summed E-state index contributed by atoms with van der Waals surface area (Å²) >= 11 is 0. The molecule has 0 aromatic heterocycles. The van der Waals surface area contributed by atoms with Gasteiger partial charge in [-0.05, 0) is 32.1 Å². The van der Waals surface area contributed by atoms with Gasteiger partial charge in [-0.3, -0.25) is 4.79 Å². The molecule has 0 saturated heterocycles. The minimum Gasteiger partial charge on any atom is -0.462 e. The van der Waals surface area contributed by atoms with E-state index in [1.54, 1.807) is 44.2 Å². The quantitative estimate of drug-likeness (QED) is 0.641. The van der Waals surface area contributed by atoms with E-state index < -0.39 is 5.97 Å². The molecule has 4 nitrogen and oxygen atoms in total. The first-order valence-electron chi connectivity index (χ1n) is 5.38. The Balaban J connectivity index is 2.91. The van der Waals surface area contributed by atoms with Gasteiger partial charge in [-0.15, -0.1) is 0 Å². The van der Waals surface area contributed by atoms with Crippen LogP contribution in [0.2, 0.25) is 0 Å². The molecule has 0 aliphatic heterocycles. The van der Waals surface area contributed by atoms with E-state index in [0.717, 1.165) is 0 Å². The smallest absolute Gasteiger partial charge is 0.340 e. The summed E-state index contributed by atoms with van der Waals surface area (Å²) in [4.78, 5) is 23.0.